The van der Waals surface area contributed by atoms with E-state index in [1.54, 1.807) is 19.2 Å². The van der Waals surface area contributed by atoms with Crippen LogP contribution >= 0.6 is 0 Å². The summed E-state index contributed by atoms with van der Waals surface area (Å²) >= 11 is 0. The van der Waals surface area contributed by atoms with Crippen LogP contribution in [-0.4, -0.2) is 45.6 Å². The summed E-state index contributed by atoms with van der Waals surface area (Å²) in [7, 11) is 1.62. The first-order chi connectivity index (χ1) is 14.9. The first-order valence-corrected chi connectivity index (χ1v) is 10.8. The molecule has 0 spiro atoms. The third-order valence-corrected chi connectivity index (χ3v) is 5.76. The molecular weight excluding hydrogens is 394 g/mol. The topological polar surface area (TPSA) is 62.3 Å². The number of ether oxygens (including phenoxy) is 3. The summed E-state index contributed by atoms with van der Waals surface area (Å²) in [5, 5.41) is 0.547. The van der Waals surface area contributed by atoms with Crippen LogP contribution in [0.3, 0.4) is 0 Å². The highest BCUT2D eigenvalue weighted by molar-refractivity contribution is 5.83. The Hall–Kier alpha value is -2.83. The lowest BCUT2D eigenvalue weighted by molar-refractivity contribution is -0.915. The Kier molecular flexibility index (Phi) is 6.30. The van der Waals surface area contributed by atoms with E-state index in [-0.39, 0.29) is 17.6 Å². The second-order valence-corrected chi connectivity index (χ2v) is 8.26. The fourth-order valence-corrected chi connectivity index (χ4v) is 4.37. The maximum atomic E-state index is 13.2. The van der Waals surface area contributed by atoms with Crippen LogP contribution < -0.4 is 19.8 Å². The first-order valence-electron chi connectivity index (χ1n) is 10.8. The fraction of sp³-hybridized carbons (Fsp3) is 0.400. The Morgan fingerprint density at radius 1 is 1.03 bits per heavy atom. The molecule has 6 nitrogen and oxygen atoms in total. The molecule has 0 amide bonds. The Morgan fingerprint density at radius 2 is 1.71 bits per heavy atom. The van der Waals surface area contributed by atoms with Crippen molar-refractivity contribution in [1.29, 1.82) is 0 Å². The second kappa shape index (κ2) is 9.12. The summed E-state index contributed by atoms with van der Waals surface area (Å²) in [5.41, 5.74) is 1.88. The van der Waals surface area contributed by atoms with Gasteiger partial charge >= 0.3 is 0 Å². The van der Waals surface area contributed by atoms with Gasteiger partial charge in [0.1, 0.15) is 61.3 Å². The van der Waals surface area contributed by atoms with E-state index in [1.165, 1.54) is 4.90 Å². The average molecular weight is 425 g/mol. The molecule has 2 heterocycles. The number of benzene rings is 2. The van der Waals surface area contributed by atoms with Gasteiger partial charge < -0.3 is 23.5 Å². The molecule has 0 radical (unpaired) electrons. The van der Waals surface area contributed by atoms with Crippen molar-refractivity contribution < 1.29 is 23.5 Å². The van der Waals surface area contributed by atoms with Gasteiger partial charge in [-0.05, 0) is 50.6 Å². The number of morpholine rings is 1. The molecule has 0 aliphatic carbocycles. The van der Waals surface area contributed by atoms with Crippen molar-refractivity contribution in [3.8, 4) is 22.6 Å². The Labute approximate surface area is 182 Å². The Bertz CT molecular complexity index is 1100. The van der Waals surface area contributed by atoms with E-state index in [9.17, 15) is 4.79 Å². The van der Waals surface area contributed by atoms with Crippen molar-refractivity contribution in [2.75, 3.05) is 33.4 Å². The van der Waals surface area contributed by atoms with Gasteiger partial charge in [-0.3, -0.25) is 4.79 Å². The number of aryl methyl sites for hydroxylation is 1. The van der Waals surface area contributed by atoms with Crippen LogP contribution in [0.5, 0.6) is 11.5 Å². The number of rotatable bonds is 6. The highest BCUT2D eigenvalue weighted by Crippen LogP contribution is 2.27. The molecule has 1 saturated heterocycles. The van der Waals surface area contributed by atoms with E-state index in [2.05, 4.69) is 13.8 Å². The van der Waals surface area contributed by atoms with E-state index < -0.39 is 0 Å². The lowest BCUT2D eigenvalue weighted by Gasteiger charge is -2.32. The summed E-state index contributed by atoms with van der Waals surface area (Å²) in [5.74, 6) is 2.04. The smallest absolute Gasteiger partial charge is 0.200 e. The first kappa shape index (κ1) is 21.4. The molecule has 3 aromatic rings. The van der Waals surface area contributed by atoms with E-state index in [0.717, 1.165) is 30.9 Å². The van der Waals surface area contributed by atoms with Crippen molar-refractivity contribution in [3.63, 3.8) is 0 Å². The molecule has 164 valence electrons. The molecule has 1 aliphatic rings. The largest absolute Gasteiger partial charge is 0.497 e. The van der Waals surface area contributed by atoms with Gasteiger partial charge in [-0.25, -0.2) is 0 Å². The predicted molar refractivity (Wildman–Crippen MR) is 120 cm³/mol. The average Bonchev–Trinajstić information content (AvgIpc) is 2.73. The molecule has 6 heteroatoms. The number of hydrogen-bond acceptors (Lipinski definition) is 5. The normalized spacial score (nSPS) is 21.2. The minimum absolute atomic E-state index is 0.0452. The third-order valence-electron chi connectivity index (χ3n) is 5.76. The fourth-order valence-electron chi connectivity index (χ4n) is 4.37. The minimum Gasteiger partial charge on any atom is -0.497 e. The minimum atomic E-state index is -0.0452. The van der Waals surface area contributed by atoms with Gasteiger partial charge in [0.25, 0.3) is 0 Å². The zero-order valence-electron chi connectivity index (χ0n) is 18.6. The molecule has 1 N–H and O–H groups in total. The van der Waals surface area contributed by atoms with Crippen LogP contribution in [0.4, 0.5) is 0 Å². The van der Waals surface area contributed by atoms with E-state index in [4.69, 9.17) is 18.6 Å². The number of fused-ring (bicyclic) bond motifs is 1. The SMILES string of the molecule is COc1ccc(-c2c(C)oc3cc(OCC[NH+]4C[C@H](C)O[C@@H](C)C4)ccc3c2=O)cc1. The molecule has 0 saturated carbocycles. The van der Waals surface area contributed by atoms with Crippen molar-refractivity contribution in [1.82, 2.24) is 0 Å². The van der Waals surface area contributed by atoms with Gasteiger partial charge in [-0.2, -0.15) is 0 Å². The number of quaternary nitrogens is 1. The molecule has 0 bridgehead atoms. The predicted octanol–water partition coefficient (Wildman–Crippen LogP) is 2.85. The van der Waals surface area contributed by atoms with Crippen molar-refractivity contribution >= 4 is 11.0 Å². The lowest BCUT2D eigenvalue weighted by Crippen LogP contribution is -3.16. The highest BCUT2D eigenvalue weighted by Gasteiger charge is 2.25. The monoisotopic (exact) mass is 424 g/mol. The van der Waals surface area contributed by atoms with Crippen LogP contribution in [0.1, 0.15) is 19.6 Å². The Morgan fingerprint density at radius 3 is 2.39 bits per heavy atom. The van der Waals surface area contributed by atoms with Crippen molar-refractivity contribution in [3.05, 3.63) is 58.4 Å². The van der Waals surface area contributed by atoms with Gasteiger partial charge in [0.2, 0.25) is 5.43 Å². The summed E-state index contributed by atoms with van der Waals surface area (Å²) in [6, 6.07) is 12.9. The highest BCUT2D eigenvalue weighted by atomic mass is 16.5. The molecule has 4 rings (SSSR count). The quantitative estimate of drug-likeness (QED) is 0.659. The molecule has 2 atom stereocenters. The Balaban J connectivity index is 1.51. The second-order valence-electron chi connectivity index (χ2n) is 8.26. The zero-order valence-corrected chi connectivity index (χ0v) is 18.6. The molecular formula is C25H30NO5+. The maximum Gasteiger partial charge on any atom is 0.200 e. The number of methoxy groups -OCH3 is 1. The zero-order chi connectivity index (χ0) is 22.0. The number of hydrogen-bond donors (Lipinski definition) is 1. The molecule has 1 fully saturated rings. The summed E-state index contributed by atoms with van der Waals surface area (Å²) < 4.78 is 23.0. The lowest BCUT2D eigenvalue weighted by atomic mass is 10.0. The standard InChI is InChI=1S/C25H29NO5/c1-16-14-26(15-17(2)30-16)11-12-29-21-9-10-22-23(13-21)31-18(3)24(25(22)27)19-5-7-20(28-4)8-6-19/h5-10,13,16-17H,11-12,14-15H2,1-4H3/p+1/t16-,17-/m0/s1. The maximum absolute atomic E-state index is 13.2. The van der Waals surface area contributed by atoms with Crippen molar-refractivity contribution in [2.45, 2.75) is 33.0 Å². The van der Waals surface area contributed by atoms with Crippen LogP contribution in [-0.2, 0) is 4.74 Å². The summed E-state index contributed by atoms with van der Waals surface area (Å²) in [6.07, 6.45) is 0.549. The molecule has 31 heavy (non-hydrogen) atoms. The van der Waals surface area contributed by atoms with E-state index in [0.29, 0.717) is 34.6 Å². The number of nitrogens with one attached hydrogen (secondary N) is 1. The molecule has 1 aromatic heterocycles. The molecule has 1 aliphatic heterocycles. The summed E-state index contributed by atoms with van der Waals surface area (Å²) in [6.45, 7) is 9.55. The summed E-state index contributed by atoms with van der Waals surface area (Å²) in [4.78, 5) is 14.6. The van der Waals surface area contributed by atoms with Crippen LogP contribution in [0.15, 0.2) is 51.7 Å². The van der Waals surface area contributed by atoms with Gasteiger partial charge in [-0.15, -0.1) is 0 Å². The molecule has 0 unspecified atom stereocenters. The third kappa shape index (κ3) is 4.75. The van der Waals surface area contributed by atoms with E-state index in [1.807, 2.05) is 37.3 Å². The van der Waals surface area contributed by atoms with Crippen molar-refractivity contribution in [2.24, 2.45) is 0 Å². The van der Waals surface area contributed by atoms with Gasteiger partial charge in [0, 0.05) is 6.07 Å². The van der Waals surface area contributed by atoms with Gasteiger partial charge in [0.15, 0.2) is 0 Å². The van der Waals surface area contributed by atoms with E-state index >= 15 is 0 Å². The molecule has 2 aromatic carbocycles. The van der Waals surface area contributed by atoms with Gasteiger partial charge in [0.05, 0.1) is 18.1 Å². The van der Waals surface area contributed by atoms with Crippen LogP contribution in [0, 0.1) is 6.92 Å². The van der Waals surface area contributed by atoms with Crippen LogP contribution in [0.2, 0.25) is 0 Å². The van der Waals surface area contributed by atoms with Gasteiger partial charge in [-0.1, -0.05) is 12.1 Å². The van der Waals surface area contributed by atoms with Crippen LogP contribution in [0.25, 0.3) is 22.1 Å².